The van der Waals surface area contributed by atoms with Crippen LogP contribution in [-0.4, -0.2) is 45.9 Å². The monoisotopic (exact) mass is 364 g/mol. The fraction of sp³-hybridized carbons (Fsp3) is 0.286. The standard InChI is InChI=1S/C21H20N2O4/c24-19(15-8-10-22-11-9-15)17-18(14-5-2-1-3-6-14)23(21(26)20(17)25)13-16-7-4-12-27-16/h1-3,5-6,8-11,16,18,24H,4,7,12-13H2/b19-17-. The number of hydrogen-bond donors (Lipinski definition) is 1. The van der Waals surface area contributed by atoms with Crippen LogP contribution in [0.4, 0.5) is 0 Å². The zero-order chi connectivity index (χ0) is 18.8. The molecule has 1 N–H and O–H groups in total. The smallest absolute Gasteiger partial charge is 0.295 e. The molecule has 1 aromatic heterocycles. The molecule has 0 spiro atoms. The molecule has 2 fully saturated rings. The molecule has 27 heavy (non-hydrogen) atoms. The van der Waals surface area contributed by atoms with Crippen molar-refractivity contribution in [2.75, 3.05) is 13.2 Å². The number of Topliss-reactive ketones (excluding diaryl/α,β-unsaturated/α-hetero) is 1. The Labute approximate surface area is 157 Å². The number of aromatic nitrogens is 1. The first-order chi connectivity index (χ1) is 13.2. The van der Waals surface area contributed by atoms with Gasteiger partial charge in [0, 0.05) is 31.1 Å². The summed E-state index contributed by atoms with van der Waals surface area (Å²) in [4.78, 5) is 31.1. The molecule has 2 aliphatic rings. The van der Waals surface area contributed by atoms with E-state index < -0.39 is 17.7 Å². The van der Waals surface area contributed by atoms with Gasteiger partial charge in [-0.3, -0.25) is 14.6 Å². The van der Waals surface area contributed by atoms with Gasteiger partial charge in [0.05, 0.1) is 17.7 Å². The second kappa shape index (κ2) is 7.32. The van der Waals surface area contributed by atoms with Gasteiger partial charge in [0.2, 0.25) is 0 Å². The Kier molecular flexibility index (Phi) is 4.73. The van der Waals surface area contributed by atoms with E-state index in [1.807, 2.05) is 30.3 Å². The number of aliphatic hydroxyl groups excluding tert-OH is 1. The Morgan fingerprint density at radius 3 is 2.56 bits per heavy atom. The maximum absolute atomic E-state index is 12.8. The van der Waals surface area contributed by atoms with Crippen LogP contribution in [0.15, 0.2) is 60.4 Å². The van der Waals surface area contributed by atoms with Crippen molar-refractivity contribution >= 4 is 17.4 Å². The number of carbonyl (C=O) groups excluding carboxylic acids is 2. The van der Waals surface area contributed by atoms with E-state index in [0.717, 1.165) is 18.4 Å². The minimum absolute atomic E-state index is 0.0876. The number of pyridine rings is 1. The predicted octanol–water partition coefficient (Wildman–Crippen LogP) is 2.68. The van der Waals surface area contributed by atoms with Crippen molar-refractivity contribution in [1.29, 1.82) is 0 Å². The number of nitrogens with zero attached hydrogens (tertiary/aromatic N) is 2. The van der Waals surface area contributed by atoms with Gasteiger partial charge in [0.1, 0.15) is 5.76 Å². The van der Waals surface area contributed by atoms with Gasteiger partial charge in [-0.15, -0.1) is 0 Å². The minimum Gasteiger partial charge on any atom is -0.507 e. The largest absolute Gasteiger partial charge is 0.507 e. The van der Waals surface area contributed by atoms with Gasteiger partial charge in [0.15, 0.2) is 0 Å². The first-order valence-corrected chi connectivity index (χ1v) is 9.02. The van der Waals surface area contributed by atoms with Crippen LogP contribution in [0.2, 0.25) is 0 Å². The molecular weight excluding hydrogens is 344 g/mol. The minimum atomic E-state index is -0.670. The molecule has 6 heteroatoms. The molecule has 4 rings (SSSR count). The van der Waals surface area contributed by atoms with Gasteiger partial charge in [0.25, 0.3) is 11.7 Å². The average molecular weight is 364 g/mol. The molecule has 2 aromatic rings. The number of likely N-dealkylation sites (tertiary alicyclic amines) is 1. The number of carbonyl (C=O) groups is 2. The van der Waals surface area contributed by atoms with Crippen LogP contribution < -0.4 is 0 Å². The van der Waals surface area contributed by atoms with Crippen molar-refractivity contribution in [3.8, 4) is 0 Å². The van der Waals surface area contributed by atoms with Crippen LogP contribution in [0.5, 0.6) is 0 Å². The van der Waals surface area contributed by atoms with Gasteiger partial charge < -0.3 is 14.7 Å². The van der Waals surface area contributed by atoms with Crippen molar-refractivity contribution in [3.05, 3.63) is 71.6 Å². The second-order valence-corrected chi connectivity index (χ2v) is 6.73. The van der Waals surface area contributed by atoms with Gasteiger partial charge in [-0.1, -0.05) is 30.3 Å². The number of aliphatic hydroxyl groups is 1. The lowest BCUT2D eigenvalue weighted by atomic mass is 9.95. The zero-order valence-corrected chi connectivity index (χ0v) is 14.7. The molecule has 0 radical (unpaired) electrons. The highest BCUT2D eigenvalue weighted by atomic mass is 16.5. The molecule has 0 bridgehead atoms. The number of ketones is 1. The third-order valence-corrected chi connectivity index (χ3v) is 5.03. The number of hydrogen-bond acceptors (Lipinski definition) is 5. The van der Waals surface area contributed by atoms with E-state index in [1.165, 1.54) is 17.3 Å². The third-order valence-electron chi connectivity index (χ3n) is 5.03. The van der Waals surface area contributed by atoms with E-state index in [4.69, 9.17) is 4.74 Å². The van der Waals surface area contributed by atoms with Crippen LogP contribution in [0.1, 0.15) is 30.0 Å². The SMILES string of the molecule is O=C1C(=O)N(CC2CCCO2)C(c2ccccc2)/C1=C(/O)c1ccncc1. The van der Waals surface area contributed by atoms with Crippen molar-refractivity contribution < 1.29 is 19.4 Å². The molecule has 2 unspecified atom stereocenters. The van der Waals surface area contributed by atoms with Crippen LogP contribution in [-0.2, 0) is 14.3 Å². The highest BCUT2D eigenvalue weighted by Crippen LogP contribution is 2.39. The summed E-state index contributed by atoms with van der Waals surface area (Å²) < 4.78 is 5.67. The topological polar surface area (TPSA) is 79.7 Å². The summed E-state index contributed by atoms with van der Waals surface area (Å²) in [6.45, 7) is 0.999. The zero-order valence-electron chi connectivity index (χ0n) is 14.7. The maximum Gasteiger partial charge on any atom is 0.295 e. The van der Waals surface area contributed by atoms with Crippen LogP contribution in [0.3, 0.4) is 0 Å². The number of rotatable bonds is 4. The molecule has 6 nitrogen and oxygen atoms in total. The average Bonchev–Trinajstić information content (AvgIpc) is 3.31. The molecule has 2 saturated heterocycles. The molecule has 0 saturated carbocycles. The van der Waals surface area contributed by atoms with E-state index in [1.54, 1.807) is 12.1 Å². The summed E-state index contributed by atoms with van der Waals surface area (Å²) in [6.07, 6.45) is 4.79. The number of ether oxygens (including phenoxy) is 1. The van der Waals surface area contributed by atoms with Crippen LogP contribution in [0.25, 0.3) is 5.76 Å². The molecule has 2 atom stereocenters. The summed E-state index contributed by atoms with van der Waals surface area (Å²) in [5.41, 5.74) is 1.35. The lowest BCUT2D eigenvalue weighted by Crippen LogP contribution is -2.36. The highest BCUT2D eigenvalue weighted by molar-refractivity contribution is 6.46. The molecule has 138 valence electrons. The normalized spacial score (nSPS) is 24.5. The van der Waals surface area contributed by atoms with Gasteiger partial charge in [-0.25, -0.2) is 0 Å². The second-order valence-electron chi connectivity index (χ2n) is 6.73. The fourth-order valence-corrected chi connectivity index (χ4v) is 3.72. The summed E-state index contributed by atoms with van der Waals surface area (Å²) in [5.74, 6) is -1.45. The highest BCUT2D eigenvalue weighted by Gasteiger charge is 2.46. The van der Waals surface area contributed by atoms with E-state index in [0.29, 0.717) is 18.7 Å². The molecular formula is C21H20N2O4. The van der Waals surface area contributed by atoms with Crippen molar-refractivity contribution in [2.45, 2.75) is 25.0 Å². The summed E-state index contributed by atoms with van der Waals surface area (Å²) in [6, 6.07) is 11.9. The molecule has 0 aliphatic carbocycles. The maximum atomic E-state index is 12.8. The first-order valence-electron chi connectivity index (χ1n) is 9.02. The van der Waals surface area contributed by atoms with Crippen molar-refractivity contribution in [3.63, 3.8) is 0 Å². The quantitative estimate of drug-likeness (QED) is 0.513. The number of benzene rings is 1. The third kappa shape index (κ3) is 3.24. The Morgan fingerprint density at radius 1 is 1.15 bits per heavy atom. The summed E-state index contributed by atoms with van der Waals surface area (Å²) in [7, 11) is 0. The van der Waals surface area contributed by atoms with Crippen molar-refractivity contribution in [1.82, 2.24) is 9.88 Å². The Hall–Kier alpha value is -2.99. The number of amides is 1. The lowest BCUT2D eigenvalue weighted by molar-refractivity contribution is -0.140. The van der Waals surface area contributed by atoms with E-state index in [-0.39, 0.29) is 17.4 Å². The Bertz CT molecular complexity index is 874. The van der Waals surface area contributed by atoms with Gasteiger partial charge in [-0.2, -0.15) is 0 Å². The molecule has 1 aromatic carbocycles. The molecule has 1 amide bonds. The van der Waals surface area contributed by atoms with Crippen molar-refractivity contribution in [2.24, 2.45) is 0 Å². The Morgan fingerprint density at radius 2 is 1.89 bits per heavy atom. The van der Waals surface area contributed by atoms with Crippen LogP contribution in [0, 0.1) is 0 Å². The van der Waals surface area contributed by atoms with Gasteiger partial charge in [-0.05, 0) is 30.5 Å². The van der Waals surface area contributed by atoms with E-state index in [9.17, 15) is 14.7 Å². The fourth-order valence-electron chi connectivity index (χ4n) is 3.72. The summed E-state index contributed by atoms with van der Waals surface area (Å²) >= 11 is 0. The van der Waals surface area contributed by atoms with E-state index >= 15 is 0 Å². The van der Waals surface area contributed by atoms with Gasteiger partial charge >= 0.3 is 0 Å². The summed E-state index contributed by atoms with van der Waals surface area (Å²) in [5, 5.41) is 10.8. The first kappa shape index (κ1) is 17.4. The van der Waals surface area contributed by atoms with Crippen LogP contribution >= 0.6 is 0 Å². The lowest BCUT2D eigenvalue weighted by Gasteiger charge is -2.27. The Balaban J connectivity index is 1.81. The molecule has 3 heterocycles. The molecule has 2 aliphatic heterocycles. The van der Waals surface area contributed by atoms with E-state index in [2.05, 4.69) is 4.98 Å². The predicted molar refractivity (Wildman–Crippen MR) is 98.7 cm³/mol.